The standard InChI is InChI=1S/C22H24F4N4O3/c1-13-17(14(2)33-28-13)19(31)29-9-6-21(7-10-29)8-11-30(12-21)20(32)27-16-5-3-4-15(18(16)23)22(24,25)26/h3-5H,6-12H2,1-2H3,(H,27,32). The van der Waals surface area contributed by atoms with E-state index in [2.05, 4.69) is 10.5 Å². The highest BCUT2D eigenvalue weighted by atomic mass is 19.4. The molecule has 0 atom stereocenters. The number of amides is 3. The van der Waals surface area contributed by atoms with Crippen molar-refractivity contribution in [2.75, 3.05) is 31.5 Å². The fraction of sp³-hybridized carbons (Fsp3) is 0.500. The third-order valence-electron chi connectivity index (χ3n) is 6.63. The van der Waals surface area contributed by atoms with Crippen LogP contribution in [0.15, 0.2) is 22.7 Å². The van der Waals surface area contributed by atoms with Gasteiger partial charge in [-0.2, -0.15) is 13.2 Å². The smallest absolute Gasteiger partial charge is 0.361 e. The van der Waals surface area contributed by atoms with Gasteiger partial charge in [0.05, 0.1) is 16.9 Å². The van der Waals surface area contributed by atoms with Crippen LogP contribution in [0, 0.1) is 25.1 Å². The van der Waals surface area contributed by atoms with Crippen molar-refractivity contribution < 1.29 is 31.7 Å². The van der Waals surface area contributed by atoms with Crippen LogP contribution < -0.4 is 5.32 Å². The lowest BCUT2D eigenvalue weighted by Gasteiger charge is -2.39. The lowest BCUT2D eigenvalue weighted by molar-refractivity contribution is -0.139. The molecule has 0 bridgehead atoms. The second-order valence-corrected chi connectivity index (χ2v) is 8.76. The monoisotopic (exact) mass is 468 g/mol. The van der Waals surface area contributed by atoms with Crippen molar-refractivity contribution in [3.05, 3.63) is 46.6 Å². The van der Waals surface area contributed by atoms with Crippen molar-refractivity contribution >= 4 is 17.6 Å². The summed E-state index contributed by atoms with van der Waals surface area (Å²) in [6.45, 7) is 5.24. The predicted molar refractivity (Wildman–Crippen MR) is 110 cm³/mol. The molecule has 11 heteroatoms. The average molecular weight is 468 g/mol. The van der Waals surface area contributed by atoms with Gasteiger partial charge < -0.3 is 19.6 Å². The van der Waals surface area contributed by atoms with Gasteiger partial charge in [0.1, 0.15) is 11.3 Å². The van der Waals surface area contributed by atoms with Crippen LogP contribution in [0.3, 0.4) is 0 Å². The molecule has 0 unspecified atom stereocenters. The van der Waals surface area contributed by atoms with E-state index in [0.29, 0.717) is 68.5 Å². The van der Waals surface area contributed by atoms with Crippen molar-refractivity contribution in [1.29, 1.82) is 0 Å². The number of hydrogen-bond acceptors (Lipinski definition) is 4. The summed E-state index contributed by atoms with van der Waals surface area (Å²) in [7, 11) is 0. The molecule has 1 aromatic carbocycles. The Labute approximate surface area is 187 Å². The average Bonchev–Trinajstić information content (AvgIpc) is 3.32. The zero-order valence-corrected chi connectivity index (χ0v) is 18.3. The first-order valence-electron chi connectivity index (χ1n) is 10.6. The van der Waals surface area contributed by atoms with Crippen LogP contribution >= 0.6 is 0 Å². The Morgan fingerprint density at radius 3 is 2.30 bits per heavy atom. The van der Waals surface area contributed by atoms with Crippen LogP contribution in [0.2, 0.25) is 0 Å². The largest absolute Gasteiger partial charge is 0.419 e. The van der Waals surface area contributed by atoms with E-state index in [1.165, 1.54) is 4.90 Å². The molecular formula is C22H24F4N4O3. The Kier molecular flexibility index (Phi) is 5.83. The maximum absolute atomic E-state index is 14.3. The minimum atomic E-state index is -4.85. The number of benzene rings is 1. The van der Waals surface area contributed by atoms with Gasteiger partial charge in [-0.05, 0) is 50.7 Å². The summed E-state index contributed by atoms with van der Waals surface area (Å²) in [5, 5.41) is 6.10. The molecule has 0 radical (unpaired) electrons. The first-order chi connectivity index (χ1) is 15.5. The molecule has 1 aromatic heterocycles. The molecule has 2 saturated heterocycles. The minimum absolute atomic E-state index is 0.131. The van der Waals surface area contributed by atoms with E-state index >= 15 is 0 Å². The first kappa shape index (κ1) is 23.1. The number of nitrogens with one attached hydrogen (secondary N) is 1. The van der Waals surface area contributed by atoms with Crippen molar-refractivity contribution in [3.8, 4) is 0 Å². The summed E-state index contributed by atoms with van der Waals surface area (Å²) in [6, 6.07) is 2.15. The zero-order chi connectivity index (χ0) is 24.0. The van der Waals surface area contributed by atoms with Gasteiger partial charge in [-0.1, -0.05) is 11.2 Å². The van der Waals surface area contributed by atoms with Gasteiger partial charge in [-0.25, -0.2) is 9.18 Å². The third-order valence-corrected chi connectivity index (χ3v) is 6.63. The molecule has 4 rings (SSSR count). The number of aromatic nitrogens is 1. The molecule has 3 amide bonds. The highest BCUT2D eigenvalue weighted by Gasteiger charge is 2.43. The van der Waals surface area contributed by atoms with Gasteiger partial charge in [-0.15, -0.1) is 0 Å². The number of nitrogens with zero attached hydrogens (tertiary/aromatic N) is 3. The van der Waals surface area contributed by atoms with Crippen LogP contribution in [-0.4, -0.2) is 53.1 Å². The van der Waals surface area contributed by atoms with E-state index in [0.717, 1.165) is 12.1 Å². The number of carbonyl (C=O) groups excluding carboxylic acids is 2. The molecule has 3 heterocycles. The highest BCUT2D eigenvalue weighted by molar-refractivity contribution is 5.96. The lowest BCUT2D eigenvalue weighted by Crippen LogP contribution is -2.45. The molecule has 2 aliphatic rings. The first-order valence-corrected chi connectivity index (χ1v) is 10.6. The number of rotatable bonds is 2. The molecule has 33 heavy (non-hydrogen) atoms. The number of hydrogen-bond donors (Lipinski definition) is 1. The second kappa shape index (κ2) is 8.35. The number of carbonyl (C=O) groups is 2. The quantitative estimate of drug-likeness (QED) is 0.653. The summed E-state index contributed by atoms with van der Waals surface area (Å²) >= 11 is 0. The van der Waals surface area contributed by atoms with Crippen molar-refractivity contribution in [2.45, 2.75) is 39.3 Å². The van der Waals surface area contributed by atoms with E-state index in [9.17, 15) is 27.2 Å². The van der Waals surface area contributed by atoms with Crippen LogP contribution in [-0.2, 0) is 6.18 Å². The third kappa shape index (κ3) is 4.40. The van der Waals surface area contributed by atoms with E-state index in [1.54, 1.807) is 18.7 Å². The predicted octanol–water partition coefficient (Wildman–Crippen LogP) is 4.61. The molecular weight excluding hydrogens is 444 g/mol. The lowest BCUT2D eigenvalue weighted by atomic mass is 9.77. The fourth-order valence-corrected chi connectivity index (χ4v) is 4.69. The maximum Gasteiger partial charge on any atom is 0.419 e. The SMILES string of the molecule is Cc1noc(C)c1C(=O)N1CCC2(CCN(C(=O)Nc3cccc(C(F)(F)F)c3F)C2)CC1. The van der Waals surface area contributed by atoms with Gasteiger partial charge in [0.25, 0.3) is 5.91 Å². The molecule has 1 spiro atoms. The normalized spacial score (nSPS) is 18.1. The van der Waals surface area contributed by atoms with Crippen molar-refractivity contribution in [1.82, 2.24) is 15.0 Å². The van der Waals surface area contributed by atoms with E-state index in [-0.39, 0.29) is 11.3 Å². The number of anilines is 1. The van der Waals surface area contributed by atoms with E-state index < -0.39 is 29.3 Å². The molecule has 178 valence electrons. The van der Waals surface area contributed by atoms with Gasteiger partial charge in [0.2, 0.25) is 0 Å². The van der Waals surface area contributed by atoms with Crippen LogP contribution in [0.1, 0.15) is 46.6 Å². The number of aryl methyl sites for hydroxylation is 2. The molecule has 2 fully saturated rings. The van der Waals surface area contributed by atoms with Crippen LogP contribution in [0.25, 0.3) is 0 Å². The van der Waals surface area contributed by atoms with Crippen molar-refractivity contribution in [2.24, 2.45) is 5.41 Å². The maximum atomic E-state index is 14.3. The Balaban J connectivity index is 1.37. The molecule has 0 saturated carbocycles. The van der Waals surface area contributed by atoms with E-state index in [4.69, 9.17) is 4.52 Å². The van der Waals surface area contributed by atoms with Crippen LogP contribution in [0.5, 0.6) is 0 Å². The summed E-state index contributed by atoms with van der Waals surface area (Å²) in [6.07, 6.45) is -2.77. The summed E-state index contributed by atoms with van der Waals surface area (Å²) in [5.41, 5.74) is -1.09. The van der Waals surface area contributed by atoms with Gasteiger partial charge >= 0.3 is 12.2 Å². The van der Waals surface area contributed by atoms with E-state index in [1.807, 2.05) is 0 Å². The number of urea groups is 1. The Hall–Kier alpha value is -3.11. The van der Waals surface area contributed by atoms with Crippen molar-refractivity contribution in [3.63, 3.8) is 0 Å². The summed E-state index contributed by atoms with van der Waals surface area (Å²) in [4.78, 5) is 28.7. The molecule has 7 nitrogen and oxygen atoms in total. The Morgan fingerprint density at radius 1 is 1.09 bits per heavy atom. The number of likely N-dealkylation sites (tertiary alicyclic amines) is 2. The fourth-order valence-electron chi connectivity index (χ4n) is 4.69. The topological polar surface area (TPSA) is 78.7 Å². The Morgan fingerprint density at radius 2 is 1.73 bits per heavy atom. The molecule has 2 aromatic rings. The second-order valence-electron chi connectivity index (χ2n) is 8.76. The Bertz CT molecular complexity index is 1050. The van der Waals surface area contributed by atoms with Gasteiger partial charge in [0.15, 0.2) is 5.82 Å². The zero-order valence-electron chi connectivity index (χ0n) is 18.3. The van der Waals surface area contributed by atoms with Gasteiger partial charge in [-0.3, -0.25) is 4.79 Å². The molecule has 0 aliphatic carbocycles. The van der Waals surface area contributed by atoms with Crippen LogP contribution in [0.4, 0.5) is 28.0 Å². The molecule has 1 N–H and O–H groups in total. The minimum Gasteiger partial charge on any atom is -0.361 e. The number of alkyl halides is 3. The summed E-state index contributed by atoms with van der Waals surface area (Å²) in [5.74, 6) is -1.16. The number of halogens is 4. The van der Waals surface area contributed by atoms with Gasteiger partial charge in [0, 0.05) is 26.2 Å². The number of piperidine rings is 1. The summed E-state index contributed by atoms with van der Waals surface area (Å²) < 4.78 is 58.1. The molecule has 2 aliphatic heterocycles. The highest BCUT2D eigenvalue weighted by Crippen LogP contribution is 2.41.